The Hall–Kier alpha value is -3.52. The van der Waals surface area contributed by atoms with E-state index in [-0.39, 0.29) is 36.9 Å². The molecule has 33 heavy (non-hydrogen) atoms. The zero-order chi connectivity index (χ0) is 23.4. The second-order valence-corrected chi connectivity index (χ2v) is 8.07. The first-order valence-electron chi connectivity index (χ1n) is 11.0. The van der Waals surface area contributed by atoms with Gasteiger partial charge in [-0.3, -0.25) is 14.2 Å². The van der Waals surface area contributed by atoms with Crippen LogP contribution in [0.15, 0.2) is 59.4 Å². The molecule has 1 fully saturated rings. The molecule has 7 nitrogen and oxygen atoms in total. The van der Waals surface area contributed by atoms with Gasteiger partial charge in [-0.05, 0) is 31.2 Å². The molecule has 2 heterocycles. The number of aliphatic hydroxyl groups excluding tert-OH is 1. The molecular formula is C25H27FN4O3. The van der Waals surface area contributed by atoms with Gasteiger partial charge in [-0.25, -0.2) is 9.37 Å². The lowest BCUT2D eigenvalue weighted by molar-refractivity contribution is -0.132. The van der Waals surface area contributed by atoms with Gasteiger partial charge in [0, 0.05) is 61.7 Å². The van der Waals surface area contributed by atoms with Crippen molar-refractivity contribution in [1.82, 2.24) is 14.5 Å². The highest BCUT2D eigenvalue weighted by atomic mass is 19.1. The van der Waals surface area contributed by atoms with Crippen molar-refractivity contribution in [2.24, 2.45) is 0 Å². The monoisotopic (exact) mass is 450 g/mol. The van der Waals surface area contributed by atoms with E-state index in [1.54, 1.807) is 24.0 Å². The number of anilines is 1. The van der Waals surface area contributed by atoms with E-state index in [1.807, 2.05) is 30.3 Å². The van der Waals surface area contributed by atoms with Gasteiger partial charge in [0.05, 0.1) is 0 Å². The standard InChI is InChI=1S/C25H27FN4O3/c1-18-22(11-16-31)25(33)30(24(27-18)19-5-3-2-4-6-19)17-23(32)29-14-12-28(13-15-29)21-9-7-20(26)8-10-21/h2-10,31H,11-17H2,1H3. The normalized spacial score (nSPS) is 13.9. The van der Waals surface area contributed by atoms with Crippen LogP contribution < -0.4 is 10.5 Å². The van der Waals surface area contributed by atoms with E-state index in [0.717, 1.165) is 11.3 Å². The summed E-state index contributed by atoms with van der Waals surface area (Å²) >= 11 is 0. The van der Waals surface area contributed by atoms with Gasteiger partial charge in [0.1, 0.15) is 18.2 Å². The number of aliphatic hydroxyl groups is 1. The van der Waals surface area contributed by atoms with Crippen LogP contribution in [0.2, 0.25) is 0 Å². The molecule has 1 N–H and O–H groups in total. The Morgan fingerprint density at radius 3 is 2.33 bits per heavy atom. The van der Waals surface area contributed by atoms with Gasteiger partial charge in [0.2, 0.25) is 5.91 Å². The molecule has 2 aromatic carbocycles. The lowest BCUT2D eigenvalue weighted by atomic mass is 10.1. The first kappa shape index (κ1) is 22.7. The molecule has 0 saturated carbocycles. The number of hydrogen-bond acceptors (Lipinski definition) is 5. The van der Waals surface area contributed by atoms with E-state index in [9.17, 15) is 19.1 Å². The van der Waals surface area contributed by atoms with E-state index in [1.165, 1.54) is 16.7 Å². The van der Waals surface area contributed by atoms with Crippen LogP contribution in [0, 0.1) is 12.7 Å². The topological polar surface area (TPSA) is 78.7 Å². The molecular weight excluding hydrogens is 423 g/mol. The number of halogens is 1. The molecule has 1 saturated heterocycles. The average Bonchev–Trinajstić information content (AvgIpc) is 2.84. The summed E-state index contributed by atoms with van der Waals surface area (Å²) in [7, 11) is 0. The van der Waals surface area contributed by atoms with E-state index >= 15 is 0 Å². The van der Waals surface area contributed by atoms with Gasteiger partial charge in [0.15, 0.2) is 0 Å². The second-order valence-electron chi connectivity index (χ2n) is 8.07. The molecule has 0 unspecified atom stereocenters. The van der Waals surface area contributed by atoms with Gasteiger partial charge in [-0.15, -0.1) is 0 Å². The van der Waals surface area contributed by atoms with E-state index in [4.69, 9.17) is 0 Å². The third kappa shape index (κ3) is 4.96. The molecule has 1 aromatic heterocycles. The van der Waals surface area contributed by atoms with Crippen LogP contribution >= 0.6 is 0 Å². The van der Waals surface area contributed by atoms with Crippen LogP contribution in [-0.2, 0) is 17.8 Å². The minimum Gasteiger partial charge on any atom is -0.396 e. The van der Waals surface area contributed by atoms with Crippen molar-refractivity contribution in [2.45, 2.75) is 19.9 Å². The number of nitrogens with zero attached hydrogens (tertiary/aromatic N) is 4. The van der Waals surface area contributed by atoms with Crippen molar-refractivity contribution in [3.05, 3.63) is 82.0 Å². The van der Waals surface area contributed by atoms with Crippen LogP contribution in [0.4, 0.5) is 10.1 Å². The van der Waals surface area contributed by atoms with Gasteiger partial charge in [0.25, 0.3) is 5.56 Å². The molecule has 0 radical (unpaired) electrons. The number of carbonyl (C=O) groups is 1. The third-order valence-electron chi connectivity index (χ3n) is 5.98. The maximum Gasteiger partial charge on any atom is 0.257 e. The van der Waals surface area contributed by atoms with Gasteiger partial charge >= 0.3 is 0 Å². The average molecular weight is 451 g/mol. The van der Waals surface area contributed by atoms with E-state index in [2.05, 4.69) is 9.88 Å². The molecule has 8 heteroatoms. The SMILES string of the molecule is Cc1nc(-c2ccccc2)n(CC(=O)N2CCN(c3ccc(F)cc3)CC2)c(=O)c1CCO. The predicted molar refractivity (Wildman–Crippen MR) is 125 cm³/mol. The largest absolute Gasteiger partial charge is 0.396 e. The number of aryl methyl sites for hydroxylation is 1. The second kappa shape index (κ2) is 9.95. The highest BCUT2D eigenvalue weighted by Crippen LogP contribution is 2.19. The van der Waals surface area contributed by atoms with Crippen molar-refractivity contribution < 1.29 is 14.3 Å². The molecule has 1 aliphatic rings. The van der Waals surface area contributed by atoms with Crippen molar-refractivity contribution >= 4 is 11.6 Å². The first-order valence-corrected chi connectivity index (χ1v) is 11.0. The molecule has 0 spiro atoms. The Kier molecular flexibility index (Phi) is 6.84. The maximum absolute atomic E-state index is 13.3. The van der Waals surface area contributed by atoms with Gasteiger partial charge in [-0.1, -0.05) is 30.3 Å². The van der Waals surface area contributed by atoms with Crippen molar-refractivity contribution in [3.8, 4) is 11.4 Å². The minimum absolute atomic E-state index is 0.120. The van der Waals surface area contributed by atoms with Crippen LogP contribution in [0.25, 0.3) is 11.4 Å². The van der Waals surface area contributed by atoms with E-state index in [0.29, 0.717) is 43.3 Å². The van der Waals surface area contributed by atoms with Crippen molar-refractivity contribution in [2.75, 3.05) is 37.7 Å². The number of hydrogen-bond donors (Lipinski definition) is 1. The summed E-state index contributed by atoms with van der Waals surface area (Å²) in [5.74, 6) is 0.00577. The molecule has 1 aliphatic heterocycles. The van der Waals surface area contributed by atoms with Crippen LogP contribution in [0.3, 0.4) is 0 Å². The summed E-state index contributed by atoms with van der Waals surface area (Å²) in [4.78, 5) is 34.9. The number of amides is 1. The van der Waals surface area contributed by atoms with Gasteiger partial charge < -0.3 is 14.9 Å². The minimum atomic E-state index is -0.297. The molecule has 172 valence electrons. The maximum atomic E-state index is 13.3. The Bertz CT molecular complexity index is 1170. The lowest BCUT2D eigenvalue weighted by Crippen LogP contribution is -2.50. The summed E-state index contributed by atoms with van der Waals surface area (Å²) in [6.45, 7) is 3.73. The van der Waals surface area contributed by atoms with Gasteiger partial charge in [-0.2, -0.15) is 0 Å². The fourth-order valence-corrected chi connectivity index (χ4v) is 4.16. The number of rotatable bonds is 6. The summed E-state index contributed by atoms with van der Waals surface area (Å²) in [6, 6.07) is 15.6. The Morgan fingerprint density at radius 1 is 1.03 bits per heavy atom. The zero-order valence-electron chi connectivity index (χ0n) is 18.6. The number of piperazine rings is 1. The fraction of sp³-hybridized carbons (Fsp3) is 0.320. The Morgan fingerprint density at radius 2 is 1.70 bits per heavy atom. The number of aromatic nitrogens is 2. The quantitative estimate of drug-likeness (QED) is 0.623. The summed E-state index contributed by atoms with van der Waals surface area (Å²) in [5, 5.41) is 9.39. The molecule has 0 bridgehead atoms. The van der Waals surface area contributed by atoms with Crippen molar-refractivity contribution in [1.29, 1.82) is 0 Å². The van der Waals surface area contributed by atoms with E-state index < -0.39 is 0 Å². The highest BCUT2D eigenvalue weighted by Gasteiger charge is 2.24. The van der Waals surface area contributed by atoms with Crippen molar-refractivity contribution in [3.63, 3.8) is 0 Å². The number of carbonyl (C=O) groups excluding carboxylic acids is 1. The summed E-state index contributed by atoms with van der Waals surface area (Å²) in [5.41, 5.74) is 2.36. The van der Waals surface area contributed by atoms with Crippen LogP contribution in [0.5, 0.6) is 0 Å². The smallest absolute Gasteiger partial charge is 0.257 e. The first-order chi connectivity index (χ1) is 16.0. The summed E-state index contributed by atoms with van der Waals surface area (Å²) in [6.07, 6.45) is 0.192. The highest BCUT2D eigenvalue weighted by molar-refractivity contribution is 5.77. The Labute approximate surface area is 191 Å². The predicted octanol–water partition coefficient (Wildman–Crippen LogP) is 2.24. The number of benzene rings is 2. The molecule has 0 aliphatic carbocycles. The van der Waals surface area contributed by atoms with Crippen LogP contribution in [-0.4, -0.2) is 58.3 Å². The molecule has 4 rings (SSSR count). The molecule has 0 atom stereocenters. The third-order valence-corrected chi connectivity index (χ3v) is 5.98. The summed E-state index contributed by atoms with van der Waals surface area (Å²) < 4.78 is 14.6. The van der Waals surface area contributed by atoms with Crippen LogP contribution in [0.1, 0.15) is 11.3 Å². The fourth-order valence-electron chi connectivity index (χ4n) is 4.16. The Balaban J connectivity index is 1.55. The lowest BCUT2D eigenvalue weighted by Gasteiger charge is -2.36. The zero-order valence-corrected chi connectivity index (χ0v) is 18.6. The molecule has 3 aromatic rings. The molecule has 1 amide bonds.